The molecule has 18 heavy (non-hydrogen) atoms. The summed E-state index contributed by atoms with van der Waals surface area (Å²) in [6, 6.07) is 8.62. The molecular weight excluding hydrogens is 222 g/mol. The van der Waals surface area contributed by atoms with Crippen LogP contribution in [0.15, 0.2) is 18.2 Å². The zero-order valence-corrected chi connectivity index (χ0v) is 11.3. The highest BCUT2D eigenvalue weighted by Gasteiger charge is 2.32. The molecule has 0 N–H and O–H groups in total. The van der Waals surface area contributed by atoms with Crippen LogP contribution >= 0.6 is 0 Å². The number of nitriles is 1. The lowest BCUT2D eigenvalue weighted by atomic mass is 9.76. The van der Waals surface area contributed by atoms with Gasteiger partial charge in [0.25, 0.3) is 0 Å². The third-order valence-electron chi connectivity index (χ3n) is 4.04. The first-order valence-electron chi connectivity index (χ1n) is 6.77. The molecule has 0 radical (unpaired) electrons. The lowest BCUT2D eigenvalue weighted by Crippen LogP contribution is -2.29. The predicted molar refractivity (Wildman–Crippen MR) is 72.5 cm³/mol. The average Bonchev–Trinajstić information content (AvgIpc) is 2.41. The lowest BCUT2D eigenvalue weighted by molar-refractivity contribution is 0.150. The Morgan fingerprint density at radius 1 is 1.17 bits per heavy atom. The fourth-order valence-corrected chi connectivity index (χ4v) is 2.54. The molecule has 2 nitrogen and oxygen atoms in total. The first-order valence-corrected chi connectivity index (χ1v) is 6.77. The molecule has 0 bridgehead atoms. The van der Waals surface area contributed by atoms with E-state index in [1.54, 1.807) is 0 Å². The summed E-state index contributed by atoms with van der Waals surface area (Å²) in [5, 5.41) is 9.39. The largest absolute Gasteiger partial charge is 0.492 e. The molecule has 0 unspecified atom stereocenters. The molecule has 0 heterocycles. The van der Waals surface area contributed by atoms with E-state index < -0.39 is 0 Å². The van der Waals surface area contributed by atoms with Crippen molar-refractivity contribution in [1.82, 2.24) is 0 Å². The summed E-state index contributed by atoms with van der Waals surface area (Å²) in [4.78, 5) is 0. The van der Waals surface area contributed by atoms with E-state index in [0.717, 1.165) is 31.4 Å². The van der Waals surface area contributed by atoms with Gasteiger partial charge in [0.15, 0.2) is 0 Å². The zero-order chi connectivity index (χ0) is 13.0. The molecule has 2 heteroatoms. The predicted octanol–water partition coefficient (Wildman–Crippen LogP) is 4.16. The highest BCUT2D eigenvalue weighted by Crippen LogP contribution is 2.36. The van der Waals surface area contributed by atoms with Crippen LogP contribution in [0.1, 0.15) is 43.2 Å². The van der Waals surface area contributed by atoms with Crippen molar-refractivity contribution in [1.29, 1.82) is 5.26 Å². The van der Waals surface area contributed by atoms with Crippen molar-refractivity contribution in [3.05, 3.63) is 29.3 Å². The van der Waals surface area contributed by atoms with Gasteiger partial charge in [0.1, 0.15) is 12.4 Å². The first-order chi connectivity index (χ1) is 8.65. The summed E-state index contributed by atoms with van der Waals surface area (Å²) in [5.41, 5.74) is 2.26. The number of hydrogen-bond donors (Lipinski definition) is 0. The van der Waals surface area contributed by atoms with Crippen molar-refractivity contribution < 1.29 is 4.74 Å². The zero-order valence-electron chi connectivity index (χ0n) is 11.3. The average molecular weight is 243 g/mol. The highest BCUT2D eigenvalue weighted by molar-refractivity contribution is 5.33. The van der Waals surface area contributed by atoms with Crippen molar-refractivity contribution in [3.8, 4) is 11.8 Å². The third-order valence-corrected chi connectivity index (χ3v) is 4.04. The Labute approximate surface area is 110 Å². The Hall–Kier alpha value is -1.49. The Morgan fingerprint density at radius 3 is 2.50 bits per heavy atom. The van der Waals surface area contributed by atoms with E-state index in [4.69, 9.17) is 4.74 Å². The Kier molecular flexibility index (Phi) is 3.91. The Morgan fingerprint density at radius 2 is 1.89 bits per heavy atom. The maximum Gasteiger partial charge on any atom is 0.119 e. The minimum absolute atomic E-state index is 0.253. The molecular formula is C16H21NO. The second-order valence-electron chi connectivity index (χ2n) is 5.49. The molecule has 1 aromatic rings. The second-order valence-corrected chi connectivity index (χ2v) is 5.49. The number of rotatable bonds is 3. The van der Waals surface area contributed by atoms with Crippen molar-refractivity contribution in [2.75, 3.05) is 6.61 Å². The summed E-state index contributed by atoms with van der Waals surface area (Å²) in [6.45, 7) is 4.71. The van der Waals surface area contributed by atoms with E-state index in [2.05, 4.69) is 32.0 Å². The van der Waals surface area contributed by atoms with Crippen LogP contribution < -0.4 is 4.74 Å². The van der Waals surface area contributed by atoms with Gasteiger partial charge in [-0.1, -0.05) is 25.3 Å². The Balaban J connectivity index is 2.01. The smallest absolute Gasteiger partial charge is 0.119 e. The van der Waals surface area contributed by atoms with Crippen LogP contribution in [0.5, 0.6) is 5.75 Å². The standard InChI is InChI=1S/C16H21NO/c1-13-6-7-15(10-14(13)2)18-12-16(11-17)8-4-3-5-9-16/h6-7,10H,3-5,8-9,12H2,1-2H3. The number of benzene rings is 1. The maximum atomic E-state index is 9.39. The fraction of sp³-hybridized carbons (Fsp3) is 0.562. The molecule has 1 saturated carbocycles. The van der Waals surface area contributed by atoms with Crippen molar-refractivity contribution in [3.63, 3.8) is 0 Å². The van der Waals surface area contributed by atoms with Crippen LogP contribution in [-0.2, 0) is 0 Å². The van der Waals surface area contributed by atoms with Crippen LogP contribution in [0.25, 0.3) is 0 Å². The van der Waals surface area contributed by atoms with E-state index in [9.17, 15) is 5.26 Å². The molecule has 0 saturated heterocycles. The van der Waals surface area contributed by atoms with Crippen LogP contribution in [0.3, 0.4) is 0 Å². The van der Waals surface area contributed by atoms with Gasteiger partial charge in [0.2, 0.25) is 0 Å². The van der Waals surface area contributed by atoms with Gasteiger partial charge in [-0.15, -0.1) is 0 Å². The van der Waals surface area contributed by atoms with Crippen LogP contribution in [0, 0.1) is 30.6 Å². The second kappa shape index (κ2) is 5.44. The lowest BCUT2D eigenvalue weighted by Gasteiger charge is -2.30. The highest BCUT2D eigenvalue weighted by atomic mass is 16.5. The van der Waals surface area contributed by atoms with Gasteiger partial charge in [-0.05, 0) is 49.9 Å². The number of hydrogen-bond acceptors (Lipinski definition) is 2. The van der Waals surface area contributed by atoms with Gasteiger partial charge in [-0.25, -0.2) is 0 Å². The van der Waals surface area contributed by atoms with E-state index in [1.807, 2.05) is 6.07 Å². The minimum Gasteiger partial charge on any atom is -0.492 e. The molecule has 96 valence electrons. The summed E-state index contributed by atoms with van der Waals surface area (Å²) >= 11 is 0. The summed E-state index contributed by atoms with van der Waals surface area (Å²) in [5.74, 6) is 0.887. The van der Waals surface area contributed by atoms with Gasteiger partial charge in [0.05, 0.1) is 11.5 Å². The van der Waals surface area contributed by atoms with Gasteiger partial charge in [-0.2, -0.15) is 5.26 Å². The molecule has 1 fully saturated rings. The molecule has 1 aliphatic carbocycles. The van der Waals surface area contributed by atoms with E-state index >= 15 is 0 Å². The molecule has 0 amide bonds. The molecule has 0 aromatic heterocycles. The van der Waals surface area contributed by atoms with Crippen LogP contribution in [0.4, 0.5) is 0 Å². The third kappa shape index (κ3) is 2.85. The SMILES string of the molecule is Cc1ccc(OCC2(C#N)CCCCC2)cc1C. The quantitative estimate of drug-likeness (QED) is 0.798. The van der Waals surface area contributed by atoms with E-state index in [-0.39, 0.29) is 5.41 Å². The molecule has 1 aliphatic rings. The number of aryl methyl sites for hydroxylation is 2. The topological polar surface area (TPSA) is 33.0 Å². The molecule has 0 atom stereocenters. The Bertz CT molecular complexity index is 453. The van der Waals surface area contributed by atoms with Gasteiger partial charge < -0.3 is 4.74 Å². The minimum atomic E-state index is -0.253. The van der Waals surface area contributed by atoms with Crippen molar-refractivity contribution >= 4 is 0 Å². The fourth-order valence-electron chi connectivity index (χ4n) is 2.54. The van der Waals surface area contributed by atoms with Gasteiger partial charge in [0, 0.05) is 0 Å². The monoisotopic (exact) mass is 243 g/mol. The van der Waals surface area contributed by atoms with Gasteiger partial charge in [-0.3, -0.25) is 0 Å². The first kappa shape index (κ1) is 13.0. The summed E-state index contributed by atoms with van der Waals surface area (Å²) < 4.78 is 5.85. The van der Waals surface area contributed by atoms with Gasteiger partial charge >= 0.3 is 0 Å². The molecule has 0 spiro atoms. The number of nitrogens with zero attached hydrogens (tertiary/aromatic N) is 1. The maximum absolute atomic E-state index is 9.39. The summed E-state index contributed by atoms with van der Waals surface area (Å²) in [6.07, 6.45) is 5.53. The van der Waals surface area contributed by atoms with Crippen LogP contribution in [0.2, 0.25) is 0 Å². The van der Waals surface area contributed by atoms with E-state index in [0.29, 0.717) is 6.61 Å². The van der Waals surface area contributed by atoms with E-state index in [1.165, 1.54) is 17.5 Å². The van der Waals surface area contributed by atoms with Crippen LogP contribution in [-0.4, -0.2) is 6.61 Å². The molecule has 2 rings (SSSR count). The van der Waals surface area contributed by atoms with Crippen molar-refractivity contribution in [2.24, 2.45) is 5.41 Å². The molecule has 1 aromatic carbocycles. The molecule has 0 aliphatic heterocycles. The summed E-state index contributed by atoms with van der Waals surface area (Å²) in [7, 11) is 0. The normalized spacial score (nSPS) is 18.1. The van der Waals surface area contributed by atoms with Crippen molar-refractivity contribution in [2.45, 2.75) is 46.0 Å². The number of ether oxygens (including phenoxy) is 1.